The van der Waals surface area contributed by atoms with Gasteiger partial charge in [0.15, 0.2) is 0 Å². The second-order valence-electron chi connectivity index (χ2n) is 5.02. The molecule has 1 aliphatic heterocycles. The third-order valence-electron chi connectivity index (χ3n) is 3.64. The average Bonchev–Trinajstić information content (AvgIpc) is 2.87. The zero-order valence-electron chi connectivity index (χ0n) is 9.25. The lowest BCUT2D eigenvalue weighted by molar-refractivity contribution is -0.123. The number of nitrogens with zero attached hydrogens (tertiary/aromatic N) is 1. The number of nitrogens with one attached hydrogen (secondary N) is 1. The lowest BCUT2D eigenvalue weighted by Crippen LogP contribution is -2.27. The molecule has 2 fully saturated rings. The molecule has 3 heteroatoms. The summed E-state index contributed by atoms with van der Waals surface area (Å²) in [6, 6.07) is 2.32. The minimum absolute atomic E-state index is 0.0691. The summed E-state index contributed by atoms with van der Waals surface area (Å²) in [4.78, 5) is 11.7. The van der Waals surface area contributed by atoms with Crippen LogP contribution in [-0.2, 0) is 4.79 Å². The molecule has 0 aromatic carbocycles. The summed E-state index contributed by atoms with van der Waals surface area (Å²) in [5, 5.41) is 12.0. The summed E-state index contributed by atoms with van der Waals surface area (Å²) >= 11 is 0. The highest BCUT2D eigenvalue weighted by Gasteiger charge is 2.52. The van der Waals surface area contributed by atoms with E-state index in [2.05, 4.69) is 18.3 Å². The lowest BCUT2D eigenvalue weighted by atomic mass is 9.90. The number of amides is 1. The van der Waals surface area contributed by atoms with Crippen LogP contribution in [0.25, 0.3) is 0 Å². The Morgan fingerprint density at radius 1 is 1.67 bits per heavy atom. The van der Waals surface area contributed by atoms with Crippen LogP contribution in [-0.4, -0.2) is 11.4 Å². The first kappa shape index (κ1) is 10.5. The van der Waals surface area contributed by atoms with Crippen LogP contribution in [0, 0.1) is 23.2 Å². The fourth-order valence-corrected chi connectivity index (χ4v) is 2.58. The molecule has 15 heavy (non-hydrogen) atoms. The van der Waals surface area contributed by atoms with Crippen molar-refractivity contribution in [2.45, 2.75) is 51.0 Å². The molecule has 0 aromatic rings. The third-order valence-corrected chi connectivity index (χ3v) is 3.64. The fourth-order valence-electron chi connectivity index (χ4n) is 2.58. The summed E-state index contributed by atoms with van der Waals surface area (Å²) in [5.74, 6) is 0.354. The first-order chi connectivity index (χ1) is 7.19. The van der Waals surface area contributed by atoms with Crippen molar-refractivity contribution in [3.8, 4) is 6.07 Å². The fraction of sp³-hybridized carbons (Fsp3) is 0.833. The molecule has 1 N–H and O–H groups in total. The molecule has 1 saturated carbocycles. The molecule has 1 amide bonds. The van der Waals surface area contributed by atoms with Crippen LogP contribution in [0.4, 0.5) is 0 Å². The Balaban J connectivity index is 1.89. The van der Waals surface area contributed by atoms with E-state index in [1.807, 2.05) is 0 Å². The van der Waals surface area contributed by atoms with Gasteiger partial charge in [0, 0.05) is 17.4 Å². The number of hydrogen-bond donors (Lipinski definition) is 1. The van der Waals surface area contributed by atoms with Gasteiger partial charge < -0.3 is 5.32 Å². The maximum Gasteiger partial charge on any atom is 0.223 e. The Kier molecular flexibility index (Phi) is 2.68. The van der Waals surface area contributed by atoms with Gasteiger partial charge >= 0.3 is 0 Å². The highest BCUT2D eigenvalue weighted by atomic mass is 16.2. The van der Waals surface area contributed by atoms with E-state index in [0.29, 0.717) is 0 Å². The Bertz CT molecular complexity index is 301. The Morgan fingerprint density at radius 2 is 2.40 bits per heavy atom. The zero-order valence-corrected chi connectivity index (χ0v) is 9.25. The van der Waals surface area contributed by atoms with Crippen molar-refractivity contribution in [3.05, 3.63) is 0 Å². The largest absolute Gasteiger partial charge is 0.350 e. The smallest absolute Gasteiger partial charge is 0.223 e. The average molecular weight is 206 g/mol. The van der Waals surface area contributed by atoms with Gasteiger partial charge in [-0.15, -0.1) is 0 Å². The minimum atomic E-state index is 0.0691. The normalized spacial score (nSPS) is 28.5. The van der Waals surface area contributed by atoms with Crippen LogP contribution in [0.2, 0.25) is 0 Å². The van der Waals surface area contributed by atoms with E-state index >= 15 is 0 Å². The van der Waals surface area contributed by atoms with Crippen LogP contribution >= 0.6 is 0 Å². The maximum atomic E-state index is 11.7. The number of nitriles is 1. The van der Waals surface area contributed by atoms with Gasteiger partial charge in [-0.3, -0.25) is 4.79 Å². The number of hydrogen-bond acceptors (Lipinski definition) is 2. The monoisotopic (exact) mass is 206 g/mol. The molecule has 2 atom stereocenters. The first-order valence-corrected chi connectivity index (χ1v) is 5.91. The van der Waals surface area contributed by atoms with Gasteiger partial charge in [0.25, 0.3) is 0 Å². The van der Waals surface area contributed by atoms with Crippen LogP contribution in [0.3, 0.4) is 0 Å². The second-order valence-corrected chi connectivity index (χ2v) is 5.02. The van der Waals surface area contributed by atoms with Crippen molar-refractivity contribution in [1.29, 1.82) is 5.26 Å². The molecule has 2 aliphatic rings. The summed E-state index contributed by atoms with van der Waals surface area (Å²) in [5.41, 5.74) is 0.161. The lowest BCUT2D eigenvalue weighted by Gasteiger charge is -2.11. The van der Waals surface area contributed by atoms with Crippen molar-refractivity contribution in [1.82, 2.24) is 5.32 Å². The van der Waals surface area contributed by atoms with Gasteiger partial charge in [-0.25, -0.2) is 0 Å². The molecule has 1 saturated heterocycles. The van der Waals surface area contributed by atoms with E-state index in [1.165, 1.54) is 0 Å². The molecule has 1 spiro atoms. The Morgan fingerprint density at radius 3 is 2.87 bits per heavy atom. The van der Waals surface area contributed by atoms with E-state index in [4.69, 9.17) is 5.26 Å². The topological polar surface area (TPSA) is 52.9 Å². The maximum absolute atomic E-state index is 11.7. The summed E-state index contributed by atoms with van der Waals surface area (Å²) < 4.78 is 0. The van der Waals surface area contributed by atoms with Gasteiger partial charge in [-0.05, 0) is 32.1 Å². The minimum Gasteiger partial charge on any atom is -0.350 e. The second kappa shape index (κ2) is 3.84. The van der Waals surface area contributed by atoms with E-state index in [1.54, 1.807) is 0 Å². The quantitative estimate of drug-likeness (QED) is 0.764. The third kappa shape index (κ3) is 2.14. The van der Waals surface area contributed by atoms with E-state index in [-0.39, 0.29) is 23.3 Å². The molecular weight excluding hydrogens is 188 g/mol. The summed E-state index contributed by atoms with van der Waals surface area (Å²) in [7, 11) is 0. The van der Waals surface area contributed by atoms with Crippen LogP contribution in [0.5, 0.6) is 0 Å². The number of rotatable bonds is 4. The van der Waals surface area contributed by atoms with E-state index in [0.717, 1.165) is 38.5 Å². The van der Waals surface area contributed by atoms with Crippen LogP contribution in [0.15, 0.2) is 0 Å². The van der Waals surface area contributed by atoms with Gasteiger partial charge in [-0.2, -0.15) is 5.26 Å². The molecular formula is C12H18N2O. The van der Waals surface area contributed by atoms with Gasteiger partial charge in [0.2, 0.25) is 5.91 Å². The number of carbonyl (C=O) groups is 1. The molecule has 1 heterocycles. The van der Waals surface area contributed by atoms with Crippen molar-refractivity contribution in [2.75, 3.05) is 0 Å². The number of carbonyl (C=O) groups excluding carboxylic acids is 1. The van der Waals surface area contributed by atoms with Gasteiger partial charge in [0.05, 0.1) is 6.07 Å². The highest BCUT2D eigenvalue weighted by molar-refractivity contribution is 5.82. The Labute approximate surface area is 90.8 Å². The molecule has 0 bridgehead atoms. The molecule has 2 rings (SSSR count). The first-order valence-electron chi connectivity index (χ1n) is 5.91. The van der Waals surface area contributed by atoms with Crippen molar-refractivity contribution in [2.24, 2.45) is 11.8 Å². The SMILES string of the molecule is CCC[C@H](C#N)CC1CC2(CC2)NC1=O. The predicted molar refractivity (Wildman–Crippen MR) is 56.8 cm³/mol. The van der Waals surface area contributed by atoms with Crippen LogP contribution in [0.1, 0.15) is 45.4 Å². The van der Waals surface area contributed by atoms with E-state index < -0.39 is 0 Å². The predicted octanol–water partition coefficient (Wildman–Crippen LogP) is 1.99. The zero-order chi connectivity index (χ0) is 10.9. The standard InChI is InChI=1S/C12H18N2O/c1-2-3-9(8-13)6-10-7-12(4-5-12)14-11(10)15/h9-10H,2-7H2,1H3,(H,14,15)/t9-,10?/m0/s1. The molecule has 1 unspecified atom stereocenters. The van der Waals surface area contributed by atoms with Gasteiger partial charge in [0.1, 0.15) is 0 Å². The van der Waals surface area contributed by atoms with E-state index in [9.17, 15) is 4.79 Å². The summed E-state index contributed by atoms with van der Waals surface area (Å²) in [6.07, 6.45) is 5.96. The van der Waals surface area contributed by atoms with Crippen molar-refractivity contribution < 1.29 is 4.79 Å². The van der Waals surface area contributed by atoms with Crippen LogP contribution < -0.4 is 5.32 Å². The van der Waals surface area contributed by atoms with Crippen molar-refractivity contribution in [3.63, 3.8) is 0 Å². The molecule has 0 radical (unpaired) electrons. The molecule has 3 nitrogen and oxygen atoms in total. The van der Waals surface area contributed by atoms with Crippen molar-refractivity contribution >= 4 is 5.91 Å². The van der Waals surface area contributed by atoms with Gasteiger partial charge in [-0.1, -0.05) is 13.3 Å². The molecule has 1 aliphatic carbocycles. The summed E-state index contributed by atoms with van der Waals surface area (Å²) in [6.45, 7) is 2.08. The Hall–Kier alpha value is -1.04. The molecule has 82 valence electrons. The highest BCUT2D eigenvalue weighted by Crippen LogP contribution is 2.46. The molecule has 0 aromatic heterocycles.